The fourth-order valence-electron chi connectivity index (χ4n) is 3.36. The Balaban J connectivity index is 0. The average Bonchev–Trinajstić information content (AvgIpc) is 2.98. The first-order valence-corrected chi connectivity index (χ1v) is 11.9. The van der Waals surface area contributed by atoms with Gasteiger partial charge in [-0.1, -0.05) is 33.8 Å². The number of aromatic hydroxyl groups is 1. The summed E-state index contributed by atoms with van der Waals surface area (Å²) in [5.41, 5.74) is 0. The van der Waals surface area contributed by atoms with Gasteiger partial charge in [0.25, 0.3) is 0 Å². The van der Waals surface area contributed by atoms with Crippen molar-refractivity contribution in [2.45, 2.75) is 58.9 Å². The summed E-state index contributed by atoms with van der Waals surface area (Å²) in [6.07, 6.45) is -0.914. The van der Waals surface area contributed by atoms with E-state index in [0.717, 1.165) is 0 Å². The van der Waals surface area contributed by atoms with Gasteiger partial charge < -0.3 is 45.3 Å². The van der Waals surface area contributed by atoms with Crippen LogP contribution in [0.25, 0.3) is 0 Å². The molecule has 0 aromatic heterocycles. The summed E-state index contributed by atoms with van der Waals surface area (Å²) in [5, 5.41) is 45.8. The number of aliphatic hydroxyl groups excluding tert-OH is 2. The van der Waals surface area contributed by atoms with Gasteiger partial charge in [0, 0.05) is 6.54 Å². The van der Waals surface area contributed by atoms with E-state index in [1.807, 2.05) is 48.7 Å². The first-order valence-electron chi connectivity index (χ1n) is 11.9. The lowest BCUT2D eigenvalue weighted by Gasteiger charge is -2.49. The number of phenolic OH excluding ortho intramolecular Hbond substituents is 1. The van der Waals surface area contributed by atoms with E-state index in [1.165, 1.54) is 12.1 Å². The first-order chi connectivity index (χ1) is 16.3. The maximum absolute atomic E-state index is 10.6. The molecule has 1 heterocycles. The zero-order valence-corrected chi connectivity index (χ0v) is 22.1. The molecule has 1 saturated heterocycles. The molecule has 6 atom stereocenters. The molecule has 6 unspecified atom stereocenters. The van der Waals surface area contributed by atoms with Crippen molar-refractivity contribution < 1.29 is 34.6 Å². The van der Waals surface area contributed by atoms with Gasteiger partial charge in [-0.2, -0.15) is 0 Å². The molecule has 9 heteroatoms. The molecule has 6 N–H and O–H groups in total. The van der Waals surface area contributed by atoms with Gasteiger partial charge >= 0.3 is 0 Å². The van der Waals surface area contributed by atoms with E-state index in [4.69, 9.17) is 14.2 Å². The zero-order chi connectivity index (χ0) is 26.7. The van der Waals surface area contributed by atoms with Crippen molar-refractivity contribution in [2.24, 2.45) is 11.8 Å². The predicted molar refractivity (Wildman–Crippen MR) is 136 cm³/mol. The Morgan fingerprint density at radius 3 is 2.06 bits per heavy atom. The van der Waals surface area contributed by atoms with E-state index in [1.54, 1.807) is 25.3 Å². The number of aliphatic hydroxyl groups is 3. The van der Waals surface area contributed by atoms with Crippen LogP contribution in [0.3, 0.4) is 0 Å². The van der Waals surface area contributed by atoms with Crippen LogP contribution in [0.1, 0.15) is 34.6 Å². The SMILES string of the molecule is C=CC.CC.CC.CNC.CNCCOC1OC2(O)C(CO)C(Oc3ccc(O)cc3)C(O)C12. The Kier molecular flexibility index (Phi) is 19.8. The smallest absolute Gasteiger partial charge is 0.187 e. The summed E-state index contributed by atoms with van der Waals surface area (Å²) in [6, 6.07) is 5.99. The predicted octanol–water partition coefficient (Wildman–Crippen LogP) is 2.10. The molecule has 0 amide bonds. The van der Waals surface area contributed by atoms with E-state index in [-0.39, 0.29) is 5.75 Å². The molecule has 0 bridgehead atoms. The number of nitrogens with one attached hydrogen (secondary N) is 2. The van der Waals surface area contributed by atoms with E-state index in [0.29, 0.717) is 18.9 Å². The van der Waals surface area contributed by atoms with Crippen LogP contribution >= 0.6 is 0 Å². The molecule has 1 saturated carbocycles. The first kappa shape index (κ1) is 34.4. The quantitative estimate of drug-likeness (QED) is 0.252. The van der Waals surface area contributed by atoms with Crippen molar-refractivity contribution in [2.75, 3.05) is 40.9 Å². The molecular weight excluding hydrogens is 440 g/mol. The number of hydrogen-bond acceptors (Lipinski definition) is 9. The van der Waals surface area contributed by atoms with Gasteiger partial charge in [0.1, 0.15) is 23.7 Å². The van der Waals surface area contributed by atoms with Crippen molar-refractivity contribution >= 4 is 0 Å². The molecule has 1 aromatic carbocycles. The highest BCUT2D eigenvalue weighted by Gasteiger charge is 2.72. The van der Waals surface area contributed by atoms with Crippen molar-refractivity contribution in [1.82, 2.24) is 10.6 Å². The van der Waals surface area contributed by atoms with Crippen LogP contribution in [-0.4, -0.2) is 85.6 Å². The van der Waals surface area contributed by atoms with E-state index >= 15 is 0 Å². The van der Waals surface area contributed by atoms with E-state index in [9.17, 15) is 20.4 Å². The number of hydrogen-bond donors (Lipinski definition) is 6. The molecular formula is C25H48N2O7. The summed E-state index contributed by atoms with van der Waals surface area (Å²) in [7, 11) is 5.54. The summed E-state index contributed by atoms with van der Waals surface area (Å²) in [6.45, 7) is 13.8. The highest BCUT2D eigenvalue weighted by atomic mass is 16.8. The van der Waals surface area contributed by atoms with Crippen molar-refractivity contribution in [1.29, 1.82) is 0 Å². The number of ether oxygens (including phenoxy) is 3. The minimum absolute atomic E-state index is 0.0908. The Bertz CT molecular complexity index is 618. The average molecular weight is 489 g/mol. The molecule has 200 valence electrons. The van der Waals surface area contributed by atoms with E-state index in [2.05, 4.69) is 17.2 Å². The van der Waals surface area contributed by atoms with E-state index < -0.39 is 42.7 Å². The number of benzene rings is 1. The highest BCUT2D eigenvalue weighted by molar-refractivity contribution is 5.31. The maximum atomic E-state index is 10.6. The maximum Gasteiger partial charge on any atom is 0.187 e. The fraction of sp³-hybridized carbons (Fsp3) is 0.680. The Labute approximate surface area is 205 Å². The lowest BCUT2D eigenvalue weighted by molar-refractivity contribution is -0.438. The molecule has 1 aromatic rings. The van der Waals surface area contributed by atoms with Crippen LogP contribution in [-0.2, 0) is 9.47 Å². The second-order valence-electron chi connectivity index (χ2n) is 7.00. The fourth-order valence-corrected chi connectivity index (χ4v) is 3.36. The van der Waals surface area contributed by atoms with Crippen LogP contribution in [0.4, 0.5) is 0 Å². The third-order valence-electron chi connectivity index (χ3n) is 4.65. The lowest BCUT2D eigenvalue weighted by atomic mass is 9.89. The minimum atomic E-state index is -1.68. The van der Waals surface area contributed by atoms with Gasteiger partial charge in [-0.3, -0.25) is 0 Å². The third-order valence-corrected chi connectivity index (χ3v) is 4.65. The van der Waals surface area contributed by atoms with Crippen LogP contribution in [0.2, 0.25) is 0 Å². The molecule has 9 nitrogen and oxygen atoms in total. The normalized spacial score (nSPS) is 27.9. The summed E-state index contributed by atoms with van der Waals surface area (Å²) < 4.78 is 16.7. The Hall–Kier alpha value is -1.72. The summed E-state index contributed by atoms with van der Waals surface area (Å²) in [5.74, 6) is -2.69. The molecule has 1 aliphatic heterocycles. The Morgan fingerprint density at radius 2 is 1.62 bits per heavy atom. The summed E-state index contributed by atoms with van der Waals surface area (Å²) in [4.78, 5) is 0. The number of fused-ring (bicyclic) bond motifs is 1. The molecule has 2 aliphatic rings. The second kappa shape index (κ2) is 19.6. The van der Waals surface area contributed by atoms with Crippen molar-refractivity contribution in [3.63, 3.8) is 0 Å². The van der Waals surface area contributed by atoms with Gasteiger partial charge in [-0.15, -0.1) is 6.58 Å². The van der Waals surface area contributed by atoms with Crippen LogP contribution in [0.5, 0.6) is 11.5 Å². The summed E-state index contributed by atoms with van der Waals surface area (Å²) >= 11 is 0. The van der Waals surface area contributed by atoms with Crippen LogP contribution < -0.4 is 15.4 Å². The van der Waals surface area contributed by atoms with Gasteiger partial charge in [0.2, 0.25) is 0 Å². The van der Waals surface area contributed by atoms with Crippen LogP contribution in [0.15, 0.2) is 36.9 Å². The second-order valence-corrected chi connectivity index (χ2v) is 7.00. The van der Waals surface area contributed by atoms with Crippen molar-refractivity contribution in [3.05, 3.63) is 36.9 Å². The number of phenols is 1. The van der Waals surface area contributed by atoms with Gasteiger partial charge in [0.15, 0.2) is 12.1 Å². The molecule has 34 heavy (non-hydrogen) atoms. The van der Waals surface area contributed by atoms with Crippen LogP contribution in [0, 0.1) is 11.8 Å². The molecule has 0 radical (unpaired) electrons. The molecule has 1 aliphatic carbocycles. The minimum Gasteiger partial charge on any atom is -0.508 e. The van der Waals surface area contributed by atoms with Gasteiger partial charge in [-0.05, 0) is 52.3 Å². The molecule has 3 rings (SSSR count). The number of rotatable bonds is 7. The topological polar surface area (TPSA) is 133 Å². The largest absolute Gasteiger partial charge is 0.508 e. The monoisotopic (exact) mass is 488 g/mol. The zero-order valence-electron chi connectivity index (χ0n) is 22.1. The van der Waals surface area contributed by atoms with Crippen molar-refractivity contribution in [3.8, 4) is 11.5 Å². The lowest BCUT2D eigenvalue weighted by Crippen LogP contribution is -2.64. The molecule has 2 fully saturated rings. The standard InChI is InChI=1S/C16H23NO7.C3H6.C2H7N.2C2H6/c1-17-6-7-22-15-12-13(20)14(11(8-18)16(12,21)24-15)23-10-4-2-9(19)3-5-10;2*1-3-2;2*1-2/h2-5,11-15,17-21H,6-8H2,1H3;3H,1H2,2H3;3H,1-2H3;2*1-2H3. The highest BCUT2D eigenvalue weighted by Crippen LogP contribution is 2.53. The van der Waals surface area contributed by atoms with Gasteiger partial charge in [0.05, 0.1) is 25.0 Å². The number of likely N-dealkylation sites (N-methyl/N-ethyl adjacent to an activating group) is 1. The van der Waals surface area contributed by atoms with Gasteiger partial charge in [-0.25, -0.2) is 0 Å². The Morgan fingerprint density at radius 1 is 1.12 bits per heavy atom. The molecule has 0 spiro atoms. The number of allylic oxidation sites excluding steroid dienone is 1. The third kappa shape index (κ3) is 9.50.